The molecule has 0 atom stereocenters. The van der Waals surface area contributed by atoms with Crippen molar-refractivity contribution >= 4 is 16.1 Å². The number of hydrogen-bond acceptors (Lipinski definition) is 4. The molecule has 0 bridgehead atoms. The number of hydrogen-bond donors (Lipinski definition) is 0. The van der Waals surface area contributed by atoms with Crippen LogP contribution in [0.3, 0.4) is 0 Å². The molecule has 6 nitrogen and oxygen atoms in total. The van der Waals surface area contributed by atoms with Gasteiger partial charge >= 0.3 is 6.09 Å². The van der Waals surface area contributed by atoms with Crippen molar-refractivity contribution < 1.29 is 17.9 Å². The summed E-state index contributed by atoms with van der Waals surface area (Å²) in [6, 6.07) is 5.63. The lowest BCUT2D eigenvalue weighted by Gasteiger charge is -2.24. The minimum Gasteiger partial charge on any atom is -0.453 e. The zero-order valence-corrected chi connectivity index (χ0v) is 16.5. The summed E-state index contributed by atoms with van der Waals surface area (Å²) in [5.74, 6) is 0. The highest BCUT2D eigenvalue weighted by Crippen LogP contribution is 2.28. The molecule has 1 amide bonds. The molecule has 1 aromatic carbocycles. The second-order valence-corrected chi connectivity index (χ2v) is 9.35. The van der Waals surface area contributed by atoms with E-state index in [0.29, 0.717) is 31.0 Å². The van der Waals surface area contributed by atoms with Crippen molar-refractivity contribution in [2.75, 3.05) is 33.3 Å². The average Bonchev–Trinajstić information content (AvgIpc) is 2.79. The number of benzene rings is 1. The number of amides is 1. The Hall–Kier alpha value is -1.60. The van der Waals surface area contributed by atoms with Crippen LogP contribution in [0.15, 0.2) is 23.1 Å². The number of sulfonamides is 1. The molecule has 140 valence electrons. The molecule has 1 aliphatic rings. The highest BCUT2D eigenvalue weighted by molar-refractivity contribution is 7.89. The summed E-state index contributed by atoms with van der Waals surface area (Å²) in [6.07, 6.45) is 0.178. The molecule has 1 aliphatic heterocycles. The maximum Gasteiger partial charge on any atom is 0.409 e. The summed E-state index contributed by atoms with van der Waals surface area (Å²) in [6.45, 7) is 9.52. The fourth-order valence-electron chi connectivity index (χ4n) is 2.93. The molecule has 0 N–H and O–H groups in total. The second kappa shape index (κ2) is 7.33. The van der Waals surface area contributed by atoms with Gasteiger partial charge in [0, 0.05) is 26.2 Å². The minimum absolute atomic E-state index is 0.127. The van der Waals surface area contributed by atoms with Gasteiger partial charge in [0.1, 0.15) is 0 Å². The Morgan fingerprint density at radius 1 is 1.12 bits per heavy atom. The van der Waals surface area contributed by atoms with Crippen LogP contribution >= 0.6 is 0 Å². The van der Waals surface area contributed by atoms with Gasteiger partial charge in [0.15, 0.2) is 0 Å². The van der Waals surface area contributed by atoms with Crippen LogP contribution in [-0.4, -0.2) is 57.0 Å². The van der Waals surface area contributed by atoms with Crippen LogP contribution in [0.2, 0.25) is 0 Å². The second-order valence-electron chi connectivity index (χ2n) is 7.44. The lowest BCUT2D eigenvalue weighted by Crippen LogP contribution is -2.37. The predicted octanol–water partition coefficient (Wildman–Crippen LogP) is 2.76. The summed E-state index contributed by atoms with van der Waals surface area (Å²) in [5.41, 5.74) is 1.60. The van der Waals surface area contributed by atoms with Gasteiger partial charge in [-0.1, -0.05) is 32.9 Å². The monoisotopic (exact) mass is 368 g/mol. The van der Waals surface area contributed by atoms with Gasteiger partial charge < -0.3 is 9.64 Å². The maximum atomic E-state index is 13.2. The Labute approximate surface area is 150 Å². The van der Waals surface area contributed by atoms with Crippen molar-refractivity contribution in [3.05, 3.63) is 29.3 Å². The van der Waals surface area contributed by atoms with Crippen LogP contribution in [0.1, 0.15) is 38.3 Å². The quantitative estimate of drug-likeness (QED) is 0.805. The molecule has 0 saturated carbocycles. The summed E-state index contributed by atoms with van der Waals surface area (Å²) >= 11 is 0. The number of nitrogens with zero attached hydrogens (tertiary/aromatic N) is 2. The third-order valence-electron chi connectivity index (χ3n) is 4.56. The Balaban J connectivity index is 2.31. The van der Waals surface area contributed by atoms with Crippen molar-refractivity contribution in [2.45, 2.75) is 44.4 Å². The van der Waals surface area contributed by atoms with Crippen molar-refractivity contribution in [1.29, 1.82) is 0 Å². The van der Waals surface area contributed by atoms with Crippen LogP contribution in [0.25, 0.3) is 0 Å². The van der Waals surface area contributed by atoms with E-state index in [0.717, 1.165) is 11.1 Å². The molecule has 0 spiro atoms. The molecular formula is C18H28N2O4S. The number of ether oxygens (including phenoxy) is 1. The van der Waals surface area contributed by atoms with Gasteiger partial charge in [-0.05, 0) is 36.0 Å². The van der Waals surface area contributed by atoms with Gasteiger partial charge in [-0.15, -0.1) is 0 Å². The normalized spacial score (nSPS) is 17.2. The number of carbonyl (C=O) groups is 1. The first kappa shape index (κ1) is 19.7. The first-order valence-electron chi connectivity index (χ1n) is 8.51. The van der Waals surface area contributed by atoms with Gasteiger partial charge in [0.05, 0.1) is 12.0 Å². The van der Waals surface area contributed by atoms with E-state index in [2.05, 4.69) is 20.8 Å². The molecule has 7 heteroatoms. The van der Waals surface area contributed by atoms with Gasteiger partial charge in [0.25, 0.3) is 0 Å². The molecule has 0 aromatic heterocycles. The number of carbonyl (C=O) groups excluding carboxylic acids is 1. The summed E-state index contributed by atoms with van der Waals surface area (Å²) in [4.78, 5) is 13.6. The fourth-order valence-corrected chi connectivity index (χ4v) is 4.65. The fraction of sp³-hybridized carbons (Fsp3) is 0.611. The molecular weight excluding hydrogens is 340 g/mol. The predicted molar refractivity (Wildman–Crippen MR) is 97.2 cm³/mol. The van der Waals surface area contributed by atoms with Crippen LogP contribution in [0.4, 0.5) is 4.79 Å². The summed E-state index contributed by atoms with van der Waals surface area (Å²) in [7, 11) is -2.26. The molecule has 1 aromatic rings. The standard InChI is InChI=1S/C18H28N2O4S/c1-14-7-8-15(18(2,3)4)13-16(14)25(22,23)20-10-6-9-19(11-12-20)17(21)24-5/h7-8,13H,6,9-12H2,1-5H3. The van der Waals surface area contributed by atoms with E-state index < -0.39 is 16.1 Å². The van der Waals surface area contributed by atoms with Crippen LogP contribution < -0.4 is 0 Å². The lowest BCUT2D eigenvalue weighted by atomic mass is 9.87. The average molecular weight is 368 g/mol. The SMILES string of the molecule is COC(=O)N1CCCN(S(=O)(=O)c2cc(C(C)(C)C)ccc2C)CC1. The van der Waals surface area contributed by atoms with E-state index in [1.165, 1.54) is 11.4 Å². The molecule has 0 aliphatic carbocycles. The molecule has 1 saturated heterocycles. The zero-order valence-electron chi connectivity index (χ0n) is 15.7. The van der Waals surface area contributed by atoms with Crippen LogP contribution in [0, 0.1) is 6.92 Å². The van der Waals surface area contributed by atoms with E-state index in [1.807, 2.05) is 19.1 Å². The first-order valence-corrected chi connectivity index (χ1v) is 9.95. The van der Waals surface area contributed by atoms with Crippen molar-refractivity contribution in [3.8, 4) is 0 Å². The maximum absolute atomic E-state index is 13.2. The smallest absolute Gasteiger partial charge is 0.409 e. The van der Waals surface area contributed by atoms with Gasteiger partial charge in [-0.2, -0.15) is 4.31 Å². The molecule has 0 radical (unpaired) electrons. The molecule has 0 unspecified atom stereocenters. The van der Waals surface area contributed by atoms with Crippen molar-refractivity contribution in [3.63, 3.8) is 0 Å². The zero-order chi connectivity index (χ0) is 18.8. The number of methoxy groups -OCH3 is 1. The highest BCUT2D eigenvalue weighted by Gasteiger charge is 2.30. The molecule has 1 fully saturated rings. The molecule has 25 heavy (non-hydrogen) atoms. The van der Waals surface area contributed by atoms with E-state index in [9.17, 15) is 13.2 Å². The van der Waals surface area contributed by atoms with Gasteiger partial charge in [-0.3, -0.25) is 0 Å². The Morgan fingerprint density at radius 3 is 2.40 bits per heavy atom. The van der Waals surface area contributed by atoms with Gasteiger partial charge in [-0.25, -0.2) is 13.2 Å². The first-order chi connectivity index (χ1) is 11.6. The number of aryl methyl sites for hydroxylation is 1. The van der Waals surface area contributed by atoms with Crippen molar-refractivity contribution in [2.24, 2.45) is 0 Å². The van der Waals surface area contributed by atoms with Gasteiger partial charge in [0.2, 0.25) is 10.0 Å². The third kappa shape index (κ3) is 4.33. The van der Waals surface area contributed by atoms with E-state index in [-0.39, 0.29) is 12.0 Å². The van der Waals surface area contributed by atoms with E-state index >= 15 is 0 Å². The van der Waals surface area contributed by atoms with Crippen LogP contribution in [-0.2, 0) is 20.2 Å². The minimum atomic E-state index is -3.60. The molecule has 2 rings (SSSR count). The van der Waals surface area contributed by atoms with Crippen molar-refractivity contribution in [1.82, 2.24) is 9.21 Å². The highest BCUT2D eigenvalue weighted by atomic mass is 32.2. The Morgan fingerprint density at radius 2 is 1.80 bits per heavy atom. The Bertz CT molecular complexity index is 738. The topological polar surface area (TPSA) is 66.9 Å². The largest absolute Gasteiger partial charge is 0.453 e. The summed E-state index contributed by atoms with van der Waals surface area (Å²) in [5, 5.41) is 0. The number of rotatable bonds is 2. The Kier molecular flexibility index (Phi) is 5.79. The van der Waals surface area contributed by atoms with E-state index in [4.69, 9.17) is 4.74 Å². The van der Waals surface area contributed by atoms with Crippen LogP contribution in [0.5, 0.6) is 0 Å². The molecule has 1 heterocycles. The summed E-state index contributed by atoms with van der Waals surface area (Å²) < 4.78 is 32.6. The van der Waals surface area contributed by atoms with E-state index in [1.54, 1.807) is 11.0 Å². The lowest BCUT2D eigenvalue weighted by molar-refractivity contribution is 0.126. The third-order valence-corrected chi connectivity index (χ3v) is 6.60.